The highest BCUT2D eigenvalue weighted by Gasteiger charge is 2.35. The Bertz CT molecular complexity index is 963. The van der Waals surface area contributed by atoms with Gasteiger partial charge in [-0.15, -0.1) is 0 Å². The molecule has 0 heterocycles. The smallest absolute Gasteiger partial charge is 0.417 e. The Labute approximate surface area is 188 Å². The highest BCUT2D eigenvalue weighted by atomic mass is 19.4. The Morgan fingerprint density at radius 3 is 1.94 bits per heavy atom. The molecule has 33 heavy (non-hydrogen) atoms. The molecule has 0 saturated carbocycles. The van der Waals surface area contributed by atoms with Crippen molar-refractivity contribution in [2.24, 2.45) is 5.73 Å². The van der Waals surface area contributed by atoms with E-state index >= 15 is 0 Å². The molecule has 0 bridgehead atoms. The molecule has 0 fully saturated rings. The SMILES string of the molecule is CC.CC(C)(CCOc1ccc(CN)c(C(F)(F)F)c1)Oc1ccc(C#N)c(C(F)(F)F)c1. The molecular formula is C23H26F6N2O2. The molecule has 0 unspecified atom stereocenters. The highest BCUT2D eigenvalue weighted by Crippen LogP contribution is 2.36. The summed E-state index contributed by atoms with van der Waals surface area (Å²) in [5, 5.41) is 8.85. The minimum atomic E-state index is -4.72. The van der Waals surface area contributed by atoms with Crippen LogP contribution in [0.2, 0.25) is 0 Å². The molecule has 0 aliphatic carbocycles. The lowest BCUT2D eigenvalue weighted by atomic mass is 10.0. The Hall–Kier alpha value is -2.93. The largest absolute Gasteiger partial charge is 0.493 e. The maximum absolute atomic E-state index is 13.1. The van der Waals surface area contributed by atoms with Gasteiger partial charge in [-0.2, -0.15) is 31.6 Å². The third kappa shape index (κ3) is 8.17. The maximum Gasteiger partial charge on any atom is 0.417 e. The molecule has 0 spiro atoms. The Morgan fingerprint density at radius 1 is 0.879 bits per heavy atom. The fourth-order valence-corrected chi connectivity index (χ4v) is 2.79. The molecule has 2 aromatic rings. The average molecular weight is 476 g/mol. The molecule has 0 atom stereocenters. The van der Waals surface area contributed by atoms with Gasteiger partial charge in [0.1, 0.15) is 17.1 Å². The van der Waals surface area contributed by atoms with E-state index < -0.39 is 34.6 Å². The second-order valence-corrected chi connectivity index (χ2v) is 7.30. The first-order valence-electron chi connectivity index (χ1n) is 10.1. The number of halogens is 6. The lowest BCUT2D eigenvalue weighted by Gasteiger charge is -2.27. The number of nitriles is 1. The number of hydrogen-bond acceptors (Lipinski definition) is 4. The fourth-order valence-electron chi connectivity index (χ4n) is 2.79. The second-order valence-electron chi connectivity index (χ2n) is 7.30. The van der Waals surface area contributed by atoms with Crippen LogP contribution in [0, 0.1) is 11.3 Å². The normalized spacial score (nSPS) is 11.8. The van der Waals surface area contributed by atoms with Crippen molar-refractivity contribution in [3.8, 4) is 17.6 Å². The number of benzene rings is 2. The minimum absolute atomic E-state index is 0.0157. The van der Waals surface area contributed by atoms with Crippen LogP contribution in [0.15, 0.2) is 36.4 Å². The van der Waals surface area contributed by atoms with Crippen molar-refractivity contribution in [2.45, 2.75) is 58.6 Å². The summed E-state index contributed by atoms with van der Waals surface area (Å²) in [6.07, 6.45) is -9.14. The van der Waals surface area contributed by atoms with Crippen LogP contribution in [0.3, 0.4) is 0 Å². The number of nitrogens with zero attached hydrogens (tertiary/aromatic N) is 1. The van der Waals surface area contributed by atoms with Crippen LogP contribution >= 0.6 is 0 Å². The molecule has 0 aliphatic heterocycles. The van der Waals surface area contributed by atoms with Crippen LogP contribution in [0.25, 0.3) is 0 Å². The molecule has 4 nitrogen and oxygen atoms in total. The highest BCUT2D eigenvalue weighted by molar-refractivity contribution is 5.44. The zero-order chi connectivity index (χ0) is 25.4. The molecule has 0 aliphatic rings. The van der Waals surface area contributed by atoms with Gasteiger partial charge in [0.25, 0.3) is 0 Å². The summed E-state index contributed by atoms with van der Waals surface area (Å²) in [5.41, 5.74) is 1.75. The van der Waals surface area contributed by atoms with Crippen molar-refractivity contribution in [3.05, 3.63) is 58.7 Å². The second kappa shape index (κ2) is 11.3. The summed E-state index contributed by atoms with van der Waals surface area (Å²) in [5.74, 6) is -0.110. The summed E-state index contributed by atoms with van der Waals surface area (Å²) in [7, 11) is 0. The van der Waals surface area contributed by atoms with E-state index in [2.05, 4.69) is 0 Å². The molecule has 182 valence electrons. The topological polar surface area (TPSA) is 68.3 Å². The average Bonchev–Trinajstić information content (AvgIpc) is 2.73. The first kappa shape index (κ1) is 28.1. The van der Waals surface area contributed by atoms with Crippen LogP contribution in [0.5, 0.6) is 11.5 Å². The quantitative estimate of drug-likeness (QED) is 0.451. The van der Waals surface area contributed by atoms with Gasteiger partial charge in [-0.05, 0) is 49.7 Å². The number of hydrogen-bond donors (Lipinski definition) is 1. The summed E-state index contributed by atoms with van der Waals surface area (Å²) >= 11 is 0. The molecule has 0 saturated heterocycles. The van der Waals surface area contributed by atoms with Gasteiger partial charge in [-0.1, -0.05) is 19.9 Å². The lowest BCUT2D eigenvalue weighted by Crippen LogP contribution is -2.30. The number of nitrogens with two attached hydrogens (primary N) is 1. The standard InChI is InChI=1S/C21H20F6N2O2.C2H6/c1-19(2,31-16-6-4-14(12-29)18(10-16)21(25,26)27)7-8-30-15-5-3-13(11-28)17(9-15)20(22,23)24;1-2/h3-6,9-10H,7-8,11,28H2,1-2H3;1-2H3. The predicted octanol–water partition coefficient (Wildman–Crippen LogP) is 6.71. The summed E-state index contributed by atoms with van der Waals surface area (Å²) < 4.78 is 89.6. The summed E-state index contributed by atoms with van der Waals surface area (Å²) in [6.45, 7) is 6.87. The molecule has 2 aromatic carbocycles. The molecule has 0 aromatic heterocycles. The van der Waals surface area contributed by atoms with Gasteiger partial charge in [-0.3, -0.25) is 0 Å². The van der Waals surface area contributed by atoms with Gasteiger partial charge in [0.05, 0.1) is 29.4 Å². The number of ether oxygens (including phenoxy) is 2. The number of alkyl halides is 6. The van der Waals surface area contributed by atoms with Crippen molar-refractivity contribution < 1.29 is 35.8 Å². The van der Waals surface area contributed by atoms with E-state index in [0.717, 1.165) is 18.2 Å². The van der Waals surface area contributed by atoms with E-state index in [1.54, 1.807) is 13.8 Å². The predicted molar refractivity (Wildman–Crippen MR) is 112 cm³/mol. The van der Waals surface area contributed by atoms with Gasteiger partial charge in [0.2, 0.25) is 0 Å². The molecule has 10 heteroatoms. The van der Waals surface area contributed by atoms with E-state index in [4.69, 9.17) is 20.5 Å². The third-order valence-electron chi connectivity index (χ3n) is 4.39. The van der Waals surface area contributed by atoms with E-state index in [1.807, 2.05) is 13.8 Å². The van der Waals surface area contributed by atoms with Gasteiger partial charge in [0.15, 0.2) is 0 Å². The minimum Gasteiger partial charge on any atom is -0.493 e. The monoisotopic (exact) mass is 476 g/mol. The van der Waals surface area contributed by atoms with E-state index in [9.17, 15) is 26.3 Å². The van der Waals surface area contributed by atoms with Crippen LogP contribution in [0.1, 0.15) is 56.4 Å². The van der Waals surface area contributed by atoms with Crippen molar-refractivity contribution >= 4 is 0 Å². The fraction of sp³-hybridized carbons (Fsp3) is 0.435. The maximum atomic E-state index is 13.1. The summed E-state index contributed by atoms with van der Waals surface area (Å²) in [6, 6.07) is 7.93. The molecular weight excluding hydrogens is 450 g/mol. The van der Waals surface area contributed by atoms with Crippen molar-refractivity contribution in [1.29, 1.82) is 5.26 Å². The molecule has 2 N–H and O–H groups in total. The van der Waals surface area contributed by atoms with E-state index in [1.165, 1.54) is 24.3 Å². The molecule has 2 rings (SSSR count). The van der Waals surface area contributed by atoms with E-state index in [-0.39, 0.29) is 36.6 Å². The Kier molecular flexibility index (Phi) is 9.60. The first-order valence-corrected chi connectivity index (χ1v) is 10.1. The molecule has 0 amide bonds. The van der Waals surface area contributed by atoms with Gasteiger partial charge >= 0.3 is 12.4 Å². The van der Waals surface area contributed by atoms with Crippen LogP contribution in [-0.2, 0) is 18.9 Å². The van der Waals surface area contributed by atoms with Crippen molar-refractivity contribution in [2.75, 3.05) is 6.61 Å². The number of rotatable bonds is 7. The van der Waals surface area contributed by atoms with Crippen LogP contribution < -0.4 is 15.2 Å². The Balaban J connectivity index is 0.00000265. The van der Waals surface area contributed by atoms with Crippen molar-refractivity contribution in [1.82, 2.24) is 0 Å². The zero-order valence-electron chi connectivity index (χ0n) is 18.7. The van der Waals surface area contributed by atoms with Gasteiger partial charge < -0.3 is 15.2 Å². The zero-order valence-corrected chi connectivity index (χ0v) is 18.7. The van der Waals surface area contributed by atoms with Gasteiger partial charge in [0, 0.05) is 13.0 Å². The third-order valence-corrected chi connectivity index (χ3v) is 4.39. The van der Waals surface area contributed by atoms with Crippen LogP contribution in [0.4, 0.5) is 26.3 Å². The Morgan fingerprint density at radius 2 is 1.42 bits per heavy atom. The van der Waals surface area contributed by atoms with Gasteiger partial charge in [-0.25, -0.2) is 0 Å². The van der Waals surface area contributed by atoms with E-state index in [0.29, 0.717) is 0 Å². The first-order chi connectivity index (χ1) is 15.3. The lowest BCUT2D eigenvalue weighted by molar-refractivity contribution is -0.139. The molecule has 0 radical (unpaired) electrons. The summed E-state index contributed by atoms with van der Waals surface area (Å²) in [4.78, 5) is 0. The van der Waals surface area contributed by atoms with Crippen molar-refractivity contribution in [3.63, 3.8) is 0 Å². The van der Waals surface area contributed by atoms with Crippen LogP contribution in [-0.4, -0.2) is 12.2 Å².